The van der Waals surface area contributed by atoms with Gasteiger partial charge in [0.15, 0.2) is 0 Å². The van der Waals surface area contributed by atoms with Crippen LogP contribution in [0.2, 0.25) is 0 Å². The van der Waals surface area contributed by atoms with Gasteiger partial charge in [-0.3, -0.25) is 0 Å². The Morgan fingerprint density at radius 2 is 1.70 bits per heavy atom. The van der Waals surface area contributed by atoms with Crippen LogP contribution in [0.4, 0.5) is 13.2 Å². The van der Waals surface area contributed by atoms with Gasteiger partial charge in [0.1, 0.15) is 0 Å². The summed E-state index contributed by atoms with van der Waals surface area (Å²) < 4.78 is 43.1. The van der Waals surface area contributed by atoms with Crippen molar-refractivity contribution in [1.82, 2.24) is 0 Å². The molecule has 0 bridgehead atoms. The van der Waals surface area contributed by atoms with E-state index >= 15 is 0 Å². The lowest BCUT2D eigenvalue weighted by Gasteiger charge is -2.22. The molecule has 0 amide bonds. The summed E-state index contributed by atoms with van der Waals surface area (Å²) in [6.07, 6.45) is 1.02. The fourth-order valence-corrected chi connectivity index (χ4v) is 2.50. The van der Waals surface area contributed by atoms with Crippen LogP contribution in [0.25, 0.3) is 0 Å². The largest absolute Gasteiger partial charge is 0.416 e. The Kier molecular flexibility index (Phi) is 5.05. The Hall–Kier alpha value is -1.07. The normalized spacial score (nSPS) is 24.4. The summed E-state index contributed by atoms with van der Waals surface area (Å²) >= 11 is 0. The van der Waals surface area contributed by atoms with Crippen molar-refractivity contribution in [1.29, 1.82) is 0 Å². The fraction of sp³-hybridized carbons (Fsp3) is 0.600. The van der Waals surface area contributed by atoms with Crippen molar-refractivity contribution in [3.63, 3.8) is 0 Å². The SMILES string of the molecule is NC1CCCCCC1OCc1ccc(C(F)(F)F)cc1. The van der Waals surface area contributed by atoms with E-state index in [9.17, 15) is 13.2 Å². The molecule has 1 aromatic rings. The average Bonchev–Trinajstić information content (AvgIpc) is 2.61. The van der Waals surface area contributed by atoms with E-state index < -0.39 is 11.7 Å². The molecule has 2 rings (SSSR count). The van der Waals surface area contributed by atoms with Crippen molar-refractivity contribution in [2.24, 2.45) is 5.73 Å². The molecule has 0 spiro atoms. The molecule has 0 aliphatic heterocycles. The van der Waals surface area contributed by atoms with Crippen molar-refractivity contribution in [2.45, 2.75) is 57.0 Å². The molecule has 1 aliphatic rings. The predicted molar refractivity (Wildman–Crippen MR) is 71.1 cm³/mol. The molecule has 0 radical (unpaired) electrons. The molecule has 1 fully saturated rings. The first-order chi connectivity index (χ1) is 9.47. The van der Waals surface area contributed by atoms with Crippen LogP contribution in [-0.2, 0) is 17.5 Å². The van der Waals surface area contributed by atoms with E-state index in [4.69, 9.17) is 10.5 Å². The van der Waals surface area contributed by atoms with Crippen LogP contribution in [0.3, 0.4) is 0 Å². The number of ether oxygens (including phenoxy) is 1. The Morgan fingerprint density at radius 1 is 1.05 bits per heavy atom. The third-order valence-corrected chi connectivity index (χ3v) is 3.75. The molecule has 0 aromatic heterocycles. The molecule has 20 heavy (non-hydrogen) atoms. The summed E-state index contributed by atoms with van der Waals surface area (Å²) in [6, 6.07) is 5.14. The molecule has 0 heterocycles. The van der Waals surface area contributed by atoms with Gasteiger partial charge < -0.3 is 10.5 Å². The second-order valence-electron chi connectivity index (χ2n) is 5.35. The zero-order valence-electron chi connectivity index (χ0n) is 11.3. The number of hydrogen-bond acceptors (Lipinski definition) is 2. The van der Waals surface area contributed by atoms with Gasteiger partial charge in [-0.25, -0.2) is 0 Å². The summed E-state index contributed by atoms with van der Waals surface area (Å²) in [6.45, 7) is 0.316. The molecule has 2 nitrogen and oxygen atoms in total. The van der Waals surface area contributed by atoms with Gasteiger partial charge in [0.25, 0.3) is 0 Å². The van der Waals surface area contributed by atoms with E-state index in [1.807, 2.05) is 0 Å². The van der Waals surface area contributed by atoms with Crippen LogP contribution in [-0.4, -0.2) is 12.1 Å². The highest BCUT2D eigenvalue weighted by Crippen LogP contribution is 2.29. The molecule has 2 N–H and O–H groups in total. The quantitative estimate of drug-likeness (QED) is 0.856. The highest BCUT2D eigenvalue weighted by atomic mass is 19.4. The summed E-state index contributed by atoms with van der Waals surface area (Å²) in [5, 5.41) is 0. The first-order valence-electron chi connectivity index (χ1n) is 7.00. The highest BCUT2D eigenvalue weighted by Gasteiger charge is 2.30. The van der Waals surface area contributed by atoms with Crippen molar-refractivity contribution >= 4 is 0 Å². The first-order valence-corrected chi connectivity index (χ1v) is 7.00. The van der Waals surface area contributed by atoms with Crippen LogP contribution in [0, 0.1) is 0 Å². The number of hydrogen-bond donors (Lipinski definition) is 1. The molecule has 1 aliphatic carbocycles. The maximum atomic E-state index is 12.4. The lowest BCUT2D eigenvalue weighted by molar-refractivity contribution is -0.137. The van der Waals surface area contributed by atoms with Gasteiger partial charge in [0, 0.05) is 6.04 Å². The molecular weight excluding hydrogens is 267 g/mol. The maximum Gasteiger partial charge on any atom is 0.416 e. The van der Waals surface area contributed by atoms with E-state index in [2.05, 4.69) is 0 Å². The molecule has 112 valence electrons. The van der Waals surface area contributed by atoms with Gasteiger partial charge in [-0.05, 0) is 30.5 Å². The van der Waals surface area contributed by atoms with Gasteiger partial charge in [-0.1, -0.05) is 31.4 Å². The van der Waals surface area contributed by atoms with Gasteiger partial charge in [-0.2, -0.15) is 13.2 Å². The molecule has 2 unspecified atom stereocenters. The van der Waals surface area contributed by atoms with Crippen LogP contribution < -0.4 is 5.73 Å². The fourth-order valence-electron chi connectivity index (χ4n) is 2.50. The van der Waals surface area contributed by atoms with E-state index in [0.717, 1.165) is 43.4 Å². The standard InChI is InChI=1S/C15H20F3NO/c16-15(17,18)12-8-6-11(7-9-12)10-20-14-5-3-1-2-4-13(14)19/h6-9,13-14H,1-5,10,19H2. The summed E-state index contributed by atoms with van der Waals surface area (Å²) in [7, 11) is 0. The first kappa shape index (κ1) is 15.3. The maximum absolute atomic E-state index is 12.4. The predicted octanol–water partition coefficient (Wildman–Crippen LogP) is 3.88. The van der Waals surface area contributed by atoms with E-state index in [1.54, 1.807) is 0 Å². The van der Waals surface area contributed by atoms with Gasteiger partial charge >= 0.3 is 6.18 Å². The zero-order chi connectivity index (χ0) is 14.6. The molecule has 1 aromatic carbocycles. The Balaban J connectivity index is 1.90. The summed E-state index contributed by atoms with van der Waals surface area (Å²) in [4.78, 5) is 0. The third kappa shape index (κ3) is 4.21. The molecule has 5 heteroatoms. The minimum Gasteiger partial charge on any atom is -0.372 e. The second kappa shape index (κ2) is 6.59. The highest BCUT2D eigenvalue weighted by molar-refractivity contribution is 5.24. The van der Waals surface area contributed by atoms with Crippen molar-refractivity contribution < 1.29 is 17.9 Å². The van der Waals surface area contributed by atoms with Crippen molar-refractivity contribution in [3.8, 4) is 0 Å². The summed E-state index contributed by atoms with van der Waals surface area (Å²) in [5.41, 5.74) is 6.16. The molecule has 0 saturated heterocycles. The number of nitrogens with two attached hydrogens (primary N) is 1. The Bertz CT molecular complexity index is 416. The number of rotatable bonds is 3. The molecule has 1 saturated carbocycles. The van der Waals surface area contributed by atoms with Crippen LogP contribution in [0.1, 0.15) is 43.2 Å². The van der Waals surface area contributed by atoms with E-state index in [0.29, 0.717) is 6.61 Å². The second-order valence-corrected chi connectivity index (χ2v) is 5.35. The third-order valence-electron chi connectivity index (χ3n) is 3.75. The van der Waals surface area contributed by atoms with E-state index in [-0.39, 0.29) is 12.1 Å². The minimum atomic E-state index is -4.29. The zero-order valence-corrected chi connectivity index (χ0v) is 11.3. The van der Waals surface area contributed by atoms with Gasteiger partial charge in [-0.15, -0.1) is 0 Å². The number of alkyl halides is 3. The van der Waals surface area contributed by atoms with Crippen molar-refractivity contribution in [2.75, 3.05) is 0 Å². The topological polar surface area (TPSA) is 35.2 Å². The van der Waals surface area contributed by atoms with E-state index in [1.165, 1.54) is 18.6 Å². The van der Waals surface area contributed by atoms with Crippen LogP contribution in [0.15, 0.2) is 24.3 Å². The molecule has 2 atom stereocenters. The minimum absolute atomic E-state index is 0.0137. The smallest absolute Gasteiger partial charge is 0.372 e. The number of benzene rings is 1. The van der Waals surface area contributed by atoms with Gasteiger partial charge in [0.2, 0.25) is 0 Å². The lowest BCUT2D eigenvalue weighted by Crippen LogP contribution is -2.35. The Labute approximate surface area is 117 Å². The summed E-state index contributed by atoms with van der Waals surface area (Å²) in [5.74, 6) is 0. The van der Waals surface area contributed by atoms with Crippen LogP contribution >= 0.6 is 0 Å². The van der Waals surface area contributed by atoms with Crippen LogP contribution in [0.5, 0.6) is 0 Å². The van der Waals surface area contributed by atoms with Gasteiger partial charge in [0.05, 0.1) is 18.3 Å². The number of halogens is 3. The Morgan fingerprint density at radius 3 is 2.35 bits per heavy atom. The average molecular weight is 287 g/mol. The monoisotopic (exact) mass is 287 g/mol. The molecular formula is C15H20F3NO. The van der Waals surface area contributed by atoms with Crippen molar-refractivity contribution in [3.05, 3.63) is 35.4 Å². The lowest BCUT2D eigenvalue weighted by atomic mass is 10.1.